The zero-order chi connectivity index (χ0) is 30.7. The number of carbonyl (C=O) groups excluding carboxylic acids is 2. The van der Waals surface area contributed by atoms with Crippen LogP contribution < -0.4 is 4.90 Å². The van der Waals surface area contributed by atoms with Gasteiger partial charge < -0.3 is 9.80 Å². The number of allylic oxidation sites excluding steroid dienone is 4. The molecule has 2 amide bonds. The Labute approximate surface area is 256 Å². The molecule has 2 aromatic heterocycles. The third kappa shape index (κ3) is 6.13. The van der Waals surface area contributed by atoms with Crippen molar-refractivity contribution in [2.45, 2.75) is 52.5 Å². The summed E-state index contributed by atoms with van der Waals surface area (Å²) in [5.41, 5.74) is 2.95. The molecule has 1 unspecified atom stereocenters. The van der Waals surface area contributed by atoms with Crippen LogP contribution in [0.1, 0.15) is 62.0 Å². The van der Waals surface area contributed by atoms with Crippen molar-refractivity contribution in [1.29, 1.82) is 0 Å². The van der Waals surface area contributed by atoms with E-state index in [0.29, 0.717) is 60.3 Å². The number of aromatic nitrogens is 2. The molecule has 1 saturated heterocycles. The minimum absolute atomic E-state index is 0.00684. The van der Waals surface area contributed by atoms with E-state index in [1.807, 2.05) is 33.8 Å². The minimum atomic E-state index is -0.383. The molecule has 1 fully saturated rings. The number of amidine groups is 1. The summed E-state index contributed by atoms with van der Waals surface area (Å²) in [6.45, 7) is 12.9. The number of piperazine rings is 1. The molecule has 3 heterocycles. The topological polar surface area (TPSA) is 82.0 Å². The second kappa shape index (κ2) is 13.2. The van der Waals surface area contributed by atoms with E-state index in [9.17, 15) is 9.59 Å². The molecule has 11 heteroatoms. The van der Waals surface area contributed by atoms with Crippen molar-refractivity contribution in [3.8, 4) is 0 Å². The first-order chi connectivity index (χ1) is 20.0. The largest absolute Gasteiger partial charge is 0.350 e. The van der Waals surface area contributed by atoms with E-state index < -0.39 is 0 Å². The van der Waals surface area contributed by atoms with Gasteiger partial charge in [-0.25, -0.2) is 9.37 Å². The number of aryl methyl sites for hydroxylation is 1. The van der Waals surface area contributed by atoms with Crippen molar-refractivity contribution in [1.82, 2.24) is 19.8 Å². The Hall–Kier alpha value is -3.56. The number of rotatable bonds is 7. The van der Waals surface area contributed by atoms with Gasteiger partial charge in [0.1, 0.15) is 11.7 Å². The van der Waals surface area contributed by atoms with E-state index in [-0.39, 0.29) is 52.2 Å². The van der Waals surface area contributed by atoms with Gasteiger partial charge in [-0.15, -0.1) is 0 Å². The Morgan fingerprint density at radius 1 is 1.29 bits per heavy atom. The first-order valence-corrected chi connectivity index (χ1v) is 14.6. The van der Waals surface area contributed by atoms with Gasteiger partial charge in [0.25, 0.3) is 0 Å². The Bertz CT molecular complexity index is 1500. The van der Waals surface area contributed by atoms with Gasteiger partial charge in [0.05, 0.1) is 27.7 Å². The zero-order valence-electron chi connectivity index (χ0n) is 24.5. The number of amides is 2. The Morgan fingerprint density at radius 3 is 2.64 bits per heavy atom. The van der Waals surface area contributed by atoms with E-state index in [1.54, 1.807) is 24.2 Å². The van der Waals surface area contributed by atoms with E-state index in [2.05, 4.69) is 21.5 Å². The summed E-state index contributed by atoms with van der Waals surface area (Å²) < 4.78 is 15.2. The van der Waals surface area contributed by atoms with Crippen LogP contribution in [-0.4, -0.2) is 70.6 Å². The average Bonchev–Trinajstić information content (AvgIpc) is 2.96. The van der Waals surface area contributed by atoms with Crippen molar-refractivity contribution >= 4 is 58.4 Å². The standard InChI is InChI=1S/C31H35Cl2FN6O2/c1-7-26(42)38-12-13-39(20(5)16-38)30(35-6)23-15-24(33)28(22-14-21(32)8-9-25(22)34)37-31(23)40(17-41)29-19(4)10-11-36-27(29)18(2)3/h7,10-11,14-15,17-18,20H,1,8-9,12-13,16H2,2-6H3. The van der Waals surface area contributed by atoms with Crippen molar-refractivity contribution < 1.29 is 14.0 Å². The molecule has 0 N–H and O–H groups in total. The Morgan fingerprint density at radius 2 is 2.02 bits per heavy atom. The molecule has 0 spiro atoms. The summed E-state index contributed by atoms with van der Waals surface area (Å²) >= 11 is 13.1. The monoisotopic (exact) mass is 612 g/mol. The highest BCUT2D eigenvalue weighted by Crippen LogP contribution is 2.40. The Balaban J connectivity index is 1.95. The zero-order valence-corrected chi connectivity index (χ0v) is 26.0. The molecule has 2 aliphatic rings. The quantitative estimate of drug-likeness (QED) is 0.153. The fourth-order valence-electron chi connectivity index (χ4n) is 5.41. The number of pyridine rings is 2. The molecule has 0 bridgehead atoms. The van der Waals surface area contributed by atoms with Crippen LogP contribution in [0.2, 0.25) is 5.02 Å². The van der Waals surface area contributed by atoms with Crippen LogP contribution in [0.4, 0.5) is 15.9 Å². The molecular formula is C31H35Cl2FN6O2. The van der Waals surface area contributed by atoms with E-state index in [4.69, 9.17) is 28.2 Å². The van der Waals surface area contributed by atoms with Gasteiger partial charge in [-0.2, -0.15) is 0 Å². The summed E-state index contributed by atoms with van der Waals surface area (Å²) in [5, 5.41) is 0.678. The summed E-state index contributed by atoms with van der Waals surface area (Å²) in [7, 11) is 1.65. The van der Waals surface area contributed by atoms with Gasteiger partial charge >= 0.3 is 0 Å². The molecule has 8 nitrogen and oxygen atoms in total. The van der Waals surface area contributed by atoms with Gasteiger partial charge in [-0.05, 0) is 56.0 Å². The van der Waals surface area contributed by atoms with Crippen molar-refractivity contribution in [3.05, 3.63) is 75.5 Å². The summed E-state index contributed by atoms with van der Waals surface area (Å²) in [4.78, 5) is 44.6. The van der Waals surface area contributed by atoms with Crippen LogP contribution in [0.5, 0.6) is 0 Å². The van der Waals surface area contributed by atoms with Gasteiger partial charge in [-0.1, -0.05) is 43.6 Å². The smallest absolute Gasteiger partial charge is 0.246 e. The number of nitrogens with zero attached hydrogens (tertiary/aromatic N) is 6. The lowest BCUT2D eigenvalue weighted by atomic mass is 10.00. The summed E-state index contributed by atoms with van der Waals surface area (Å²) in [6, 6.07) is 3.37. The third-order valence-electron chi connectivity index (χ3n) is 7.50. The Kier molecular flexibility index (Phi) is 9.84. The molecule has 4 rings (SSSR count). The van der Waals surface area contributed by atoms with Crippen molar-refractivity contribution in [3.63, 3.8) is 0 Å². The molecule has 1 atom stereocenters. The van der Waals surface area contributed by atoms with Crippen LogP contribution in [0.3, 0.4) is 0 Å². The third-order valence-corrected chi connectivity index (χ3v) is 8.09. The van der Waals surface area contributed by atoms with Crippen LogP contribution in [0, 0.1) is 6.92 Å². The number of anilines is 2. The number of hydrogen-bond donors (Lipinski definition) is 0. The normalized spacial score (nSPS) is 17.9. The van der Waals surface area contributed by atoms with Crippen molar-refractivity contribution in [2.75, 3.05) is 31.6 Å². The lowest BCUT2D eigenvalue weighted by molar-refractivity contribution is -0.128. The lowest BCUT2D eigenvalue weighted by Gasteiger charge is -2.41. The highest BCUT2D eigenvalue weighted by Gasteiger charge is 2.33. The highest BCUT2D eigenvalue weighted by atomic mass is 35.5. The molecule has 1 aliphatic carbocycles. The first kappa shape index (κ1) is 31.4. The fourth-order valence-corrected chi connectivity index (χ4v) is 5.86. The van der Waals surface area contributed by atoms with Crippen LogP contribution in [-0.2, 0) is 9.59 Å². The molecule has 0 radical (unpaired) electrons. The molecule has 2 aromatic rings. The average molecular weight is 614 g/mol. The second-order valence-corrected chi connectivity index (χ2v) is 11.6. The van der Waals surface area contributed by atoms with Crippen LogP contribution in [0.25, 0.3) is 5.57 Å². The van der Waals surface area contributed by atoms with Gasteiger partial charge in [0.2, 0.25) is 12.3 Å². The number of halogens is 3. The fraction of sp³-hybridized carbons (Fsp3) is 0.387. The summed E-state index contributed by atoms with van der Waals surface area (Å²) in [6.07, 6.45) is 5.75. The second-order valence-electron chi connectivity index (χ2n) is 10.7. The minimum Gasteiger partial charge on any atom is -0.350 e. The highest BCUT2D eigenvalue weighted by molar-refractivity contribution is 6.33. The maximum Gasteiger partial charge on any atom is 0.246 e. The van der Waals surface area contributed by atoms with Crippen molar-refractivity contribution in [2.24, 2.45) is 4.99 Å². The SMILES string of the molecule is C=CC(=O)N1CCN(C(=NC)c2cc(Cl)c(C3=C(F)CCC(Cl)=C3)nc2N(C=O)c2c(C)ccnc2C(C)C)C(C)C1. The van der Waals surface area contributed by atoms with Crippen LogP contribution in [0.15, 0.2) is 52.9 Å². The number of aliphatic imine (C=N–C) groups is 1. The molecule has 1 aliphatic heterocycles. The maximum absolute atomic E-state index is 15.2. The molecule has 42 heavy (non-hydrogen) atoms. The summed E-state index contributed by atoms with van der Waals surface area (Å²) in [5.74, 6) is 0.242. The van der Waals surface area contributed by atoms with Crippen LogP contribution >= 0.6 is 23.2 Å². The predicted octanol–water partition coefficient (Wildman–Crippen LogP) is 6.55. The van der Waals surface area contributed by atoms with Gasteiger partial charge in [-0.3, -0.25) is 24.5 Å². The number of carbonyl (C=O) groups is 2. The number of hydrogen-bond acceptors (Lipinski definition) is 5. The lowest BCUT2D eigenvalue weighted by Crippen LogP contribution is -2.55. The van der Waals surface area contributed by atoms with E-state index in [1.165, 1.54) is 17.1 Å². The van der Waals surface area contributed by atoms with Gasteiger partial charge in [0.15, 0.2) is 5.82 Å². The molecule has 222 valence electrons. The molecule has 0 saturated carbocycles. The van der Waals surface area contributed by atoms with E-state index >= 15 is 4.39 Å². The first-order valence-electron chi connectivity index (χ1n) is 13.8. The van der Waals surface area contributed by atoms with Gasteiger partial charge in [0, 0.05) is 55.9 Å². The maximum atomic E-state index is 15.2. The predicted molar refractivity (Wildman–Crippen MR) is 167 cm³/mol. The van der Waals surface area contributed by atoms with E-state index in [0.717, 1.165) is 5.56 Å². The molecule has 0 aromatic carbocycles. The molecular weight excluding hydrogens is 578 g/mol.